The Kier molecular flexibility index (Phi) is 3.43. The molecule has 0 aliphatic heterocycles. The first-order chi connectivity index (χ1) is 7.25. The number of anilines is 1. The maximum atomic E-state index is 11.3. The molecule has 0 radical (unpaired) electrons. The maximum Gasteiger partial charge on any atom is 0.412 e. The van der Waals surface area contributed by atoms with Gasteiger partial charge in [-0.05, 0) is 33.3 Å². The minimum atomic E-state index is -1.01. The lowest BCUT2D eigenvalue weighted by Gasteiger charge is -2.33. The third-order valence-electron chi connectivity index (χ3n) is 2.23. The van der Waals surface area contributed by atoms with Crippen molar-refractivity contribution in [1.82, 2.24) is 4.98 Å². The van der Waals surface area contributed by atoms with E-state index in [-0.39, 0.29) is 0 Å². The van der Waals surface area contributed by atoms with Crippen LogP contribution in [0.1, 0.15) is 26.3 Å². The van der Waals surface area contributed by atoms with Crippen LogP contribution in [-0.4, -0.2) is 21.7 Å². The van der Waals surface area contributed by atoms with Crippen molar-refractivity contribution in [3.8, 4) is 0 Å². The molecule has 1 aromatic rings. The van der Waals surface area contributed by atoms with E-state index < -0.39 is 11.6 Å². The highest BCUT2D eigenvalue weighted by Gasteiger charge is 2.29. The molecule has 0 saturated carbocycles. The van der Waals surface area contributed by atoms with E-state index in [4.69, 9.17) is 11.6 Å². The van der Waals surface area contributed by atoms with E-state index >= 15 is 0 Å². The van der Waals surface area contributed by atoms with Gasteiger partial charge in [0.1, 0.15) is 0 Å². The molecule has 1 aromatic heterocycles. The van der Waals surface area contributed by atoms with Gasteiger partial charge in [0.05, 0.1) is 16.9 Å². The van der Waals surface area contributed by atoms with Crippen LogP contribution in [0.25, 0.3) is 0 Å². The van der Waals surface area contributed by atoms with E-state index in [9.17, 15) is 9.90 Å². The van der Waals surface area contributed by atoms with Crippen LogP contribution in [0.2, 0.25) is 5.02 Å². The summed E-state index contributed by atoms with van der Waals surface area (Å²) in [7, 11) is 0. The topological polar surface area (TPSA) is 53.4 Å². The number of carbonyl (C=O) groups is 1. The van der Waals surface area contributed by atoms with Crippen LogP contribution >= 0.6 is 11.6 Å². The molecule has 0 spiro atoms. The van der Waals surface area contributed by atoms with Crippen LogP contribution in [-0.2, 0) is 0 Å². The zero-order chi connectivity index (χ0) is 12.5. The van der Waals surface area contributed by atoms with Crippen molar-refractivity contribution in [3.63, 3.8) is 0 Å². The molecular formula is C11H15ClN2O2. The fourth-order valence-electron chi connectivity index (χ4n) is 1.47. The van der Waals surface area contributed by atoms with Gasteiger partial charge in [0.15, 0.2) is 0 Å². The van der Waals surface area contributed by atoms with E-state index in [2.05, 4.69) is 4.98 Å². The predicted molar refractivity (Wildman–Crippen MR) is 64.2 cm³/mol. The van der Waals surface area contributed by atoms with E-state index in [0.29, 0.717) is 16.3 Å². The molecule has 5 heteroatoms. The second-order valence-corrected chi connectivity index (χ2v) is 4.96. The van der Waals surface area contributed by atoms with Gasteiger partial charge < -0.3 is 5.11 Å². The zero-order valence-electron chi connectivity index (χ0n) is 9.78. The van der Waals surface area contributed by atoms with E-state index in [1.165, 1.54) is 17.3 Å². The van der Waals surface area contributed by atoms with Gasteiger partial charge in [0, 0.05) is 11.7 Å². The Morgan fingerprint density at radius 1 is 1.44 bits per heavy atom. The number of hydrogen-bond acceptors (Lipinski definition) is 2. The molecule has 1 heterocycles. The summed E-state index contributed by atoms with van der Waals surface area (Å²) in [4.78, 5) is 16.5. The Labute approximate surface area is 99.9 Å². The summed E-state index contributed by atoms with van der Waals surface area (Å²) in [5.41, 5.74) is 0.699. The minimum absolute atomic E-state index is 0.466. The van der Waals surface area contributed by atoms with E-state index in [1.54, 1.807) is 6.92 Å². The summed E-state index contributed by atoms with van der Waals surface area (Å²) in [5.74, 6) is 0. The molecule has 0 aliphatic carbocycles. The standard InChI is InChI=1S/C11H15ClN2O2/c1-7-8(12)5-13-6-9(7)14(10(15)16)11(2,3)4/h5-6H,1-4H3,(H,15,16). The Bertz CT molecular complexity index is 413. The second-order valence-electron chi connectivity index (χ2n) is 4.55. The lowest BCUT2D eigenvalue weighted by molar-refractivity contribution is 0.195. The molecule has 88 valence electrons. The monoisotopic (exact) mass is 242 g/mol. The van der Waals surface area contributed by atoms with Crippen molar-refractivity contribution in [2.45, 2.75) is 33.2 Å². The van der Waals surface area contributed by atoms with Crippen LogP contribution in [0.15, 0.2) is 12.4 Å². The molecular weight excluding hydrogens is 228 g/mol. The summed E-state index contributed by atoms with van der Waals surface area (Å²) >= 11 is 5.93. The fourth-order valence-corrected chi connectivity index (χ4v) is 1.62. The predicted octanol–water partition coefficient (Wildman–Crippen LogP) is 3.33. The van der Waals surface area contributed by atoms with E-state index in [0.717, 1.165) is 0 Å². The molecule has 16 heavy (non-hydrogen) atoms. The van der Waals surface area contributed by atoms with Crippen molar-refractivity contribution >= 4 is 23.4 Å². The summed E-state index contributed by atoms with van der Waals surface area (Å²) in [5, 5.41) is 9.70. The highest BCUT2D eigenvalue weighted by molar-refractivity contribution is 6.31. The lowest BCUT2D eigenvalue weighted by Crippen LogP contribution is -2.45. The number of amides is 1. The number of nitrogens with zero attached hydrogens (tertiary/aromatic N) is 2. The number of pyridine rings is 1. The highest BCUT2D eigenvalue weighted by atomic mass is 35.5. The van der Waals surface area contributed by atoms with Crippen LogP contribution < -0.4 is 4.90 Å². The van der Waals surface area contributed by atoms with Gasteiger partial charge in [0.2, 0.25) is 0 Å². The lowest BCUT2D eigenvalue weighted by atomic mass is 10.0. The molecule has 0 aliphatic rings. The van der Waals surface area contributed by atoms with Crippen molar-refractivity contribution in [3.05, 3.63) is 23.0 Å². The van der Waals surface area contributed by atoms with Gasteiger partial charge in [-0.3, -0.25) is 9.88 Å². The highest BCUT2D eigenvalue weighted by Crippen LogP contribution is 2.30. The van der Waals surface area contributed by atoms with Crippen LogP contribution in [0.3, 0.4) is 0 Å². The van der Waals surface area contributed by atoms with Gasteiger partial charge >= 0.3 is 6.09 Å². The van der Waals surface area contributed by atoms with Crippen LogP contribution in [0.5, 0.6) is 0 Å². The number of aromatic nitrogens is 1. The Morgan fingerprint density at radius 2 is 2.00 bits per heavy atom. The number of hydrogen-bond donors (Lipinski definition) is 1. The third-order valence-corrected chi connectivity index (χ3v) is 2.61. The molecule has 1 amide bonds. The first-order valence-electron chi connectivity index (χ1n) is 4.88. The largest absolute Gasteiger partial charge is 0.465 e. The third kappa shape index (κ3) is 2.44. The summed E-state index contributed by atoms with van der Waals surface area (Å²) < 4.78 is 0. The normalized spacial score (nSPS) is 11.3. The summed E-state index contributed by atoms with van der Waals surface area (Å²) in [6.45, 7) is 7.24. The van der Waals surface area contributed by atoms with Crippen molar-refractivity contribution in [2.75, 3.05) is 4.90 Å². The van der Waals surface area contributed by atoms with Gasteiger partial charge in [-0.15, -0.1) is 0 Å². The molecule has 0 aromatic carbocycles. The Balaban J connectivity index is 3.33. The summed E-state index contributed by atoms with van der Waals surface area (Å²) in [6.07, 6.45) is 2.00. The van der Waals surface area contributed by atoms with Gasteiger partial charge in [0.25, 0.3) is 0 Å². The smallest absolute Gasteiger partial charge is 0.412 e. The second kappa shape index (κ2) is 4.29. The quantitative estimate of drug-likeness (QED) is 0.822. The fraction of sp³-hybridized carbons (Fsp3) is 0.455. The maximum absolute atomic E-state index is 11.3. The van der Waals surface area contributed by atoms with Gasteiger partial charge in [-0.2, -0.15) is 0 Å². The average molecular weight is 243 g/mol. The average Bonchev–Trinajstić information content (AvgIpc) is 2.09. The molecule has 0 saturated heterocycles. The Hall–Kier alpha value is -1.29. The zero-order valence-corrected chi connectivity index (χ0v) is 10.5. The molecule has 0 bridgehead atoms. The van der Waals surface area contributed by atoms with Gasteiger partial charge in [-0.1, -0.05) is 11.6 Å². The number of rotatable bonds is 1. The minimum Gasteiger partial charge on any atom is -0.465 e. The summed E-state index contributed by atoms with van der Waals surface area (Å²) in [6, 6.07) is 0. The Morgan fingerprint density at radius 3 is 2.44 bits per heavy atom. The SMILES string of the molecule is Cc1c(Cl)cncc1N(C(=O)O)C(C)(C)C. The van der Waals surface area contributed by atoms with E-state index in [1.807, 2.05) is 20.8 Å². The van der Waals surface area contributed by atoms with Crippen LogP contribution in [0, 0.1) is 6.92 Å². The molecule has 1 rings (SSSR count). The molecule has 1 N–H and O–H groups in total. The molecule has 0 unspecified atom stereocenters. The van der Waals surface area contributed by atoms with Crippen molar-refractivity contribution in [2.24, 2.45) is 0 Å². The van der Waals surface area contributed by atoms with Crippen molar-refractivity contribution < 1.29 is 9.90 Å². The number of halogens is 1. The molecule has 4 nitrogen and oxygen atoms in total. The van der Waals surface area contributed by atoms with Crippen LogP contribution in [0.4, 0.5) is 10.5 Å². The molecule has 0 fully saturated rings. The van der Waals surface area contributed by atoms with Gasteiger partial charge in [-0.25, -0.2) is 4.79 Å². The molecule has 0 atom stereocenters. The first-order valence-corrected chi connectivity index (χ1v) is 5.26. The first kappa shape index (κ1) is 12.8. The number of carboxylic acid groups (broad SMARTS) is 1. The van der Waals surface area contributed by atoms with Crippen molar-refractivity contribution in [1.29, 1.82) is 0 Å².